The third kappa shape index (κ3) is 3.90. The van der Waals surface area contributed by atoms with Crippen LogP contribution in [0.3, 0.4) is 0 Å². The van der Waals surface area contributed by atoms with Crippen molar-refractivity contribution in [1.82, 2.24) is 19.9 Å². The van der Waals surface area contributed by atoms with E-state index >= 15 is 0 Å². The molecule has 0 aliphatic heterocycles. The second-order valence-electron chi connectivity index (χ2n) is 6.82. The molecule has 0 saturated heterocycles. The molecule has 30 heavy (non-hydrogen) atoms. The Balaban J connectivity index is 1.47. The highest BCUT2D eigenvalue weighted by Crippen LogP contribution is 2.27. The van der Waals surface area contributed by atoms with Gasteiger partial charge in [-0.05, 0) is 48.0 Å². The van der Waals surface area contributed by atoms with Crippen LogP contribution in [0.5, 0.6) is 5.75 Å². The highest BCUT2D eigenvalue weighted by Gasteiger charge is 2.10. The number of H-pyrrole nitrogens is 1. The summed E-state index contributed by atoms with van der Waals surface area (Å²) in [6.45, 7) is 0. The summed E-state index contributed by atoms with van der Waals surface area (Å²) < 4.78 is 0. The largest absolute Gasteiger partial charge is 0.508 e. The van der Waals surface area contributed by atoms with Gasteiger partial charge < -0.3 is 10.1 Å². The van der Waals surface area contributed by atoms with Gasteiger partial charge in [0.1, 0.15) is 16.6 Å². The Morgan fingerprint density at radius 1 is 0.767 bits per heavy atom. The third-order valence-electron chi connectivity index (χ3n) is 4.67. The van der Waals surface area contributed by atoms with E-state index in [4.69, 9.17) is 9.97 Å². The number of aromatic hydroxyl groups is 1. The van der Waals surface area contributed by atoms with E-state index in [-0.39, 0.29) is 5.75 Å². The highest BCUT2D eigenvalue weighted by molar-refractivity contribution is 7.98. The Labute approximate surface area is 177 Å². The normalized spacial score (nSPS) is 11.6. The van der Waals surface area contributed by atoms with Crippen molar-refractivity contribution in [3.8, 4) is 5.75 Å². The Kier molecular flexibility index (Phi) is 4.91. The van der Waals surface area contributed by atoms with E-state index in [1.807, 2.05) is 72.8 Å². The minimum atomic E-state index is 0.250. The first-order valence-electron chi connectivity index (χ1n) is 9.55. The zero-order valence-corrected chi connectivity index (χ0v) is 16.8. The van der Waals surface area contributed by atoms with Crippen molar-refractivity contribution in [1.29, 1.82) is 0 Å². The predicted molar refractivity (Wildman–Crippen MR) is 122 cm³/mol. The number of hydrogen-bond acceptors (Lipinski definition) is 5. The maximum atomic E-state index is 9.48. The number of aromatic nitrogens is 4. The number of para-hydroxylation sites is 4. The number of hydrogen-bond donors (Lipinski definition) is 2. The molecule has 0 aliphatic carbocycles. The molecule has 0 unspecified atom stereocenters. The number of nitrogens with zero attached hydrogens (tertiary/aromatic N) is 3. The lowest BCUT2D eigenvalue weighted by Crippen LogP contribution is -1.94. The SMILES string of the molecule is Oc1ccc(/C=C/c2nc3ccccc3nc2SCc2nc3ccccc3[nH]2)cc1. The van der Waals surface area contributed by atoms with Crippen LogP contribution in [-0.2, 0) is 5.75 Å². The molecule has 5 nitrogen and oxygen atoms in total. The molecule has 0 aliphatic rings. The number of fused-ring (bicyclic) bond motifs is 2. The summed E-state index contributed by atoms with van der Waals surface area (Å²) in [5.74, 6) is 1.83. The molecular formula is C24H18N4OS. The number of benzene rings is 3. The van der Waals surface area contributed by atoms with Crippen LogP contribution in [0, 0.1) is 0 Å². The molecule has 146 valence electrons. The van der Waals surface area contributed by atoms with Crippen molar-refractivity contribution < 1.29 is 5.11 Å². The molecular weight excluding hydrogens is 392 g/mol. The summed E-state index contributed by atoms with van der Waals surface area (Å²) in [4.78, 5) is 17.7. The number of thioether (sulfide) groups is 1. The van der Waals surface area contributed by atoms with Crippen LogP contribution in [0.4, 0.5) is 0 Å². The molecule has 3 aromatic carbocycles. The standard InChI is InChI=1S/C24H18N4OS/c29-17-12-9-16(10-13-17)11-14-22-24(28-21-8-4-1-5-18(21)25-22)30-15-23-26-19-6-2-3-7-20(19)27-23/h1-14,29H,15H2,(H,26,27)/b14-11+. The maximum Gasteiger partial charge on any atom is 0.123 e. The fourth-order valence-electron chi connectivity index (χ4n) is 3.18. The fourth-order valence-corrected chi connectivity index (χ4v) is 4.02. The van der Waals surface area contributed by atoms with E-state index in [0.717, 1.165) is 44.2 Å². The van der Waals surface area contributed by atoms with Gasteiger partial charge in [0.15, 0.2) is 0 Å². The number of phenols is 1. The Bertz CT molecular complexity index is 1330. The van der Waals surface area contributed by atoms with Crippen molar-refractivity contribution in [3.05, 3.63) is 89.9 Å². The monoisotopic (exact) mass is 410 g/mol. The predicted octanol–water partition coefficient (Wildman–Crippen LogP) is 5.67. The smallest absolute Gasteiger partial charge is 0.123 e. The zero-order valence-electron chi connectivity index (χ0n) is 16.0. The van der Waals surface area contributed by atoms with Gasteiger partial charge in [0.05, 0.1) is 33.5 Å². The van der Waals surface area contributed by atoms with E-state index in [0.29, 0.717) is 5.75 Å². The van der Waals surface area contributed by atoms with Gasteiger partial charge in [-0.15, -0.1) is 0 Å². The van der Waals surface area contributed by atoms with Gasteiger partial charge in [-0.25, -0.2) is 15.0 Å². The van der Waals surface area contributed by atoms with E-state index < -0.39 is 0 Å². The average molecular weight is 411 g/mol. The maximum absolute atomic E-state index is 9.48. The molecule has 5 rings (SSSR count). The van der Waals surface area contributed by atoms with Crippen molar-refractivity contribution in [2.45, 2.75) is 10.8 Å². The van der Waals surface area contributed by atoms with Crippen LogP contribution in [-0.4, -0.2) is 25.0 Å². The molecule has 2 aromatic heterocycles. The summed E-state index contributed by atoms with van der Waals surface area (Å²) >= 11 is 1.61. The second-order valence-corrected chi connectivity index (χ2v) is 7.78. The number of imidazole rings is 1. The van der Waals surface area contributed by atoms with E-state index in [1.54, 1.807) is 23.9 Å². The van der Waals surface area contributed by atoms with E-state index in [2.05, 4.69) is 9.97 Å². The van der Waals surface area contributed by atoms with E-state index in [9.17, 15) is 5.11 Å². The Morgan fingerprint density at radius 2 is 1.47 bits per heavy atom. The highest BCUT2D eigenvalue weighted by atomic mass is 32.2. The van der Waals surface area contributed by atoms with Crippen LogP contribution in [0.15, 0.2) is 77.8 Å². The topological polar surface area (TPSA) is 74.7 Å². The van der Waals surface area contributed by atoms with Gasteiger partial charge >= 0.3 is 0 Å². The van der Waals surface area contributed by atoms with Crippen LogP contribution in [0.2, 0.25) is 0 Å². The lowest BCUT2D eigenvalue weighted by atomic mass is 10.2. The number of aromatic amines is 1. The molecule has 0 atom stereocenters. The lowest BCUT2D eigenvalue weighted by Gasteiger charge is -2.06. The molecule has 2 N–H and O–H groups in total. The van der Waals surface area contributed by atoms with Crippen molar-refractivity contribution >= 4 is 46.0 Å². The molecule has 2 heterocycles. The minimum absolute atomic E-state index is 0.250. The first-order chi connectivity index (χ1) is 14.7. The molecule has 0 radical (unpaired) electrons. The van der Waals surface area contributed by atoms with Crippen LogP contribution < -0.4 is 0 Å². The second kappa shape index (κ2) is 8.00. The van der Waals surface area contributed by atoms with Gasteiger partial charge in [0.25, 0.3) is 0 Å². The number of phenolic OH excluding ortho intramolecular Hbond substituents is 1. The summed E-state index contributed by atoms with van der Waals surface area (Å²) in [7, 11) is 0. The molecule has 0 amide bonds. The summed E-state index contributed by atoms with van der Waals surface area (Å²) in [5.41, 5.74) is 5.51. The van der Waals surface area contributed by atoms with Gasteiger partial charge in [0.2, 0.25) is 0 Å². The van der Waals surface area contributed by atoms with Crippen LogP contribution in [0.1, 0.15) is 17.1 Å². The van der Waals surface area contributed by atoms with Crippen molar-refractivity contribution in [3.63, 3.8) is 0 Å². The van der Waals surface area contributed by atoms with Gasteiger partial charge in [-0.2, -0.15) is 0 Å². The summed E-state index contributed by atoms with van der Waals surface area (Å²) in [6, 6.07) is 23.0. The molecule has 5 aromatic rings. The van der Waals surface area contributed by atoms with Crippen LogP contribution in [0.25, 0.3) is 34.2 Å². The molecule has 0 saturated carbocycles. The first kappa shape index (κ1) is 18.4. The van der Waals surface area contributed by atoms with Crippen molar-refractivity contribution in [2.75, 3.05) is 0 Å². The quantitative estimate of drug-likeness (QED) is 0.365. The van der Waals surface area contributed by atoms with E-state index in [1.165, 1.54) is 0 Å². The van der Waals surface area contributed by atoms with Crippen LogP contribution >= 0.6 is 11.8 Å². The minimum Gasteiger partial charge on any atom is -0.508 e. The van der Waals surface area contributed by atoms with Gasteiger partial charge in [0, 0.05) is 0 Å². The summed E-state index contributed by atoms with van der Waals surface area (Å²) in [5, 5.41) is 10.3. The molecule has 0 bridgehead atoms. The van der Waals surface area contributed by atoms with Gasteiger partial charge in [-0.1, -0.05) is 54.2 Å². The Morgan fingerprint density at radius 3 is 2.23 bits per heavy atom. The third-order valence-corrected chi connectivity index (χ3v) is 5.67. The summed E-state index contributed by atoms with van der Waals surface area (Å²) in [6.07, 6.45) is 3.94. The zero-order chi connectivity index (χ0) is 20.3. The Hall–Kier alpha value is -3.64. The van der Waals surface area contributed by atoms with Gasteiger partial charge in [-0.3, -0.25) is 0 Å². The van der Waals surface area contributed by atoms with Crippen molar-refractivity contribution in [2.24, 2.45) is 0 Å². The lowest BCUT2D eigenvalue weighted by molar-refractivity contribution is 0.475. The number of rotatable bonds is 5. The molecule has 0 spiro atoms. The molecule has 0 fully saturated rings. The number of nitrogens with one attached hydrogen (secondary N) is 1. The first-order valence-corrected chi connectivity index (χ1v) is 10.5. The molecule has 6 heteroatoms. The fraction of sp³-hybridized carbons (Fsp3) is 0.0417. The average Bonchev–Trinajstić information content (AvgIpc) is 3.20.